The van der Waals surface area contributed by atoms with Crippen molar-refractivity contribution in [1.29, 1.82) is 0 Å². The Labute approximate surface area is 203 Å². The maximum Gasteiger partial charge on any atom is 0.267 e. The summed E-state index contributed by atoms with van der Waals surface area (Å²) in [6, 6.07) is 17.2. The number of unbranched alkanes of at least 4 members (excludes halogenated alkanes) is 1. The van der Waals surface area contributed by atoms with Gasteiger partial charge >= 0.3 is 0 Å². The molecule has 1 saturated heterocycles. The zero-order valence-corrected chi connectivity index (χ0v) is 20.0. The molecule has 0 unspecified atom stereocenters. The second-order valence-corrected chi connectivity index (χ2v) is 9.52. The Bertz CT molecular complexity index is 1130. The van der Waals surface area contributed by atoms with Crippen LogP contribution in [0.2, 0.25) is 0 Å². The van der Waals surface area contributed by atoms with Gasteiger partial charge in [-0.05, 0) is 24.5 Å². The molecule has 0 aliphatic carbocycles. The summed E-state index contributed by atoms with van der Waals surface area (Å²) in [4.78, 5) is 42.5. The molecule has 8 heteroatoms. The van der Waals surface area contributed by atoms with Gasteiger partial charge in [-0.15, -0.1) is 0 Å². The zero-order valence-electron chi connectivity index (χ0n) is 18.4. The number of carbonyl (C=O) groups excluding carboxylic acids is 3. The van der Waals surface area contributed by atoms with E-state index in [1.54, 1.807) is 11.0 Å². The van der Waals surface area contributed by atoms with Gasteiger partial charge in [-0.3, -0.25) is 24.2 Å². The predicted octanol–water partition coefficient (Wildman–Crippen LogP) is 3.76. The number of nitrogens with zero attached hydrogens (tertiary/aromatic N) is 2. The molecule has 0 spiro atoms. The number of thioether (sulfide) groups is 1. The monoisotopic (exact) mass is 479 g/mol. The third kappa shape index (κ3) is 4.86. The van der Waals surface area contributed by atoms with E-state index in [9.17, 15) is 14.4 Å². The lowest BCUT2D eigenvalue weighted by Crippen LogP contribution is -2.39. The van der Waals surface area contributed by atoms with Gasteiger partial charge in [0.15, 0.2) is 0 Å². The van der Waals surface area contributed by atoms with E-state index in [1.807, 2.05) is 48.5 Å². The van der Waals surface area contributed by atoms with Crippen LogP contribution in [0.5, 0.6) is 0 Å². The SMILES string of the molecule is CCCCN1C(=O)/C(=C2/C(=O)N(CC(=O)NCCc3ccccc3)c3ccccc32)SC1=S. The van der Waals surface area contributed by atoms with Crippen LogP contribution in [0.15, 0.2) is 59.5 Å². The molecule has 1 fully saturated rings. The fraction of sp³-hybridized carbons (Fsp3) is 0.280. The number of para-hydroxylation sites is 1. The summed E-state index contributed by atoms with van der Waals surface area (Å²) in [5.74, 6) is -0.818. The third-order valence-electron chi connectivity index (χ3n) is 5.62. The predicted molar refractivity (Wildman–Crippen MR) is 136 cm³/mol. The molecule has 3 amide bonds. The first-order valence-electron chi connectivity index (χ1n) is 11.0. The van der Waals surface area contributed by atoms with Crippen molar-refractivity contribution in [2.75, 3.05) is 24.5 Å². The van der Waals surface area contributed by atoms with Crippen LogP contribution in [0.3, 0.4) is 0 Å². The summed E-state index contributed by atoms with van der Waals surface area (Å²) in [5.41, 5.74) is 2.76. The fourth-order valence-corrected chi connectivity index (χ4v) is 5.29. The molecule has 0 radical (unpaired) electrons. The van der Waals surface area contributed by atoms with Gasteiger partial charge in [0.05, 0.1) is 16.2 Å². The average molecular weight is 480 g/mol. The summed E-state index contributed by atoms with van der Waals surface area (Å²) in [6.07, 6.45) is 2.50. The summed E-state index contributed by atoms with van der Waals surface area (Å²) < 4.78 is 0.471. The van der Waals surface area contributed by atoms with Crippen LogP contribution in [0.25, 0.3) is 5.57 Å². The summed E-state index contributed by atoms with van der Waals surface area (Å²) >= 11 is 6.58. The topological polar surface area (TPSA) is 69.7 Å². The number of carbonyl (C=O) groups is 3. The molecule has 4 rings (SSSR count). The van der Waals surface area contributed by atoms with Crippen LogP contribution < -0.4 is 10.2 Å². The summed E-state index contributed by atoms with van der Waals surface area (Å²) in [5, 5.41) is 2.89. The van der Waals surface area contributed by atoms with Crippen molar-refractivity contribution in [2.45, 2.75) is 26.2 Å². The number of hydrogen-bond donors (Lipinski definition) is 1. The molecule has 2 aromatic rings. The van der Waals surface area contributed by atoms with Gasteiger partial charge in [-0.2, -0.15) is 0 Å². The Morgan fingerprint density at radius 1 is 1.00 bits per heavy atom. The highest BCUT2D eigenvalue weighted by atomic mass is 32.2. The number of nitrogens with one attached hydrogen (secondary N) is 1. The number of thiocarbonyl (C=S) groups is 1. The van der Waals surface area contributed by atoms with Crippen molar-refractivity contribution in [3.63, 3.8) is 0 Å². The van der Waals surface area contributed by atoms with Crippen LogP contribution in [-0.4, -0.2) is 46.6 Å². The second kappa shape index (κ2) is 10.3. The van der Waals surface area contributed by atoms with E-state index in [-0.39, 0.29) is 24.3 Å². The normalized spacial score (nSPS) is 17.7. The largest absolute Gasteiger partial charge is 0.354 e. The number of hydrogen-bond acceptors (Lipinski definition) is 5. The first-order chi connectivity index (χ1) is 16.0. The molecule has 6 nitrogen and oxygen atoms in total. The number of anilines is 1. The molecule has 2 aromatic carbocycles. The summed E-state index contributed by atoms with van der Waals surface area (Å²) in [7, 11) is 0. The number of benzene rings is 2. The van der Waals surface area contributed by atoms with Gasteiger partial charge in [0.25, 0.3) is 11.8 Å². The minimum absolute atomic E-state index is 0.107. The van der Waals surface area contributed by atoms with Crippen LogP contribution in [0, 0.1) is 0 Å². The Kier molecular flexibility index (Phi) is 7.25. The minimum Gasteiger partial charge on any atom is -0.354 e. The Morgan fingerprint density at radius 3 is 2.48 bits per heavy atom. The lowest BCUT2D eigenvalue weighted by molar-refractivity contribution is -0.122. The van der Waals surface area contributed by atoms with E-state index in [1.165, 1.54) is 16.7 Å². The quantitative estimate of drug-likeness (QED) is 0.461. The van der Waals surface area contributed by atoms with E-state index in [4.69, 9.17) is 12.2 Å². The van der Waals surface area contributed by atoms with E-state index < -0.39 is 0 Å². The Balaban J connectivity index is 1.51. The van der Waals surface area contributed by atoms with Gasteiger partial charge in [0, 0.05) is 18.7 Å². The standard InChI is InChI=1S/C25H25N3O3S2/c1-2-3-15-27-24(31)22(33-25(27)32)21-18-11-7-8-12-19(18)28(23(21)30)16-20(29)26-14-13-17-9-5-4-6-10-17/h4-12H,2-3,13-16H2,1H3,(H,26,29)/b22-21-. The summed E-state index contributed by atoms with van der Waals surface area (Å²) in [6.45, 7) is 2.97. The molecule has 33 heavy (non-hydrogen) atoms. The van der Waals surface area contributed by atoms with E-state index in [0.717, 1.165) is 18.4 Å². The molecule has 2 aliphatic rings. The molecular formula is C25H25N3O3S2. The van der Waals surface area contributed by atoms with Crippen molar-refractivity contribution in [2.24, 2.45) is 0 Å². The van der Waals surface area contributed by atoms with Crippen LogP contribution in [0.1, 0.15) is 30.9 Å². The van der Waals surface area contributed by atoms with Crippen LogP contribution in [-0.2, 0) is 20.8 Å². The fourth-order valence-electron chi connectivity index (χ4n) is 3.91. The highest BCUT2D eigenvalue weighted by Gasteiger charge is 2.42. The highest BCUT2D eigenvalue weighted by molar-refractivity contribution is 8.26. The van der Waals surface area contributed by atoms with Crippen molar-refractivity contribution in [1.82, 2.24) is 10.2 Å². The number of fused-ring (bicyclic) bond motifs is 1. The van der Waals surface area contributed by atoms with E-state index in [0.29, 0.717) is 45.6 Å². The number of amides is 3. The first kappa shape index (κ1) is 23.2. The first-order valence-corrected chi connectivity index (χ1v) is 12.2. The smallest absolute Gasteiger partial charge is 0.267 e. The molecular weight excluding hydrogens is 454 g/mol. The molecule has 0 saturated carbocycles. The molecule has 0 aromatic heterocycles. The maximum absolute atomic E-state index is 13.4. The molecule has 2 aliphatic heterocycles. The van der Waals surface area contributed by atoms with Gasteiger partial charge in [-0.1, -0.05) is 85.9 Å². The molecule has 0 bridgehead atoms. The molecule has 0 atom stereocenters. The minimum atomic E-state index is -0.342. The van der Waals surface area contributed by atoms with Crippen molar-refractivity contribution in [3.8, 4) is 0 Å². The van der Waals surface area contributed by atoms with Crippen LogP contribution in [0.4, 0.5) is 5.69 Å². The average Bonchev–Trinajstić information content (AvgIpc) is 3.25. The number of rotatable bonds is 8. The van der Waals surface area contributed by atoms with Crippen molar-refractivity contribution < 1.29 is 14.4 Å². The van der Waals surface area contributed by atoms with Gasteiger partial charge in [0.1, 0.15) is 10.9 Å². The Morgan fingerprint density at radius 2 is 1.73 bits per heavy atom. The second-order valence-electron chi connectivity index (χ2n) is 7.88. The molecule has 170 valence electrons. The van der Waals surface area contributed by atoms with Crippen LogP contribution >= 0.6 is 24.0 Å². The van der Waals surface area contributed by atoms with E-state index in [2.05, 4.69) is 12.2 Å². The lowest BCUT2D eigenvalue weighted by atomic mass is 10.1. The van der Waals surface area contributed by atoms with Gasteiger partial charge in [0.2, 0.25) is 5.91 Å². The third-order valence-corrected chi connectivity index (χ3v) is 7.06. The van der Waals surface area contributed by atoms with Crippen molar-refractivity contribution >= 4 is 57.3 Å². The van der Waals surface area contributed by atoms with Gasteiger partial charge < -0.3 is 5.32 Å². The highest BCUT2D eigenvalue weighted by Crippen LogP contribution is 2.44. The Hall–Kier alpha value is -2.97. The van der Waals surface area contributed by atoms with Crippen molar-refractivity contribution in [3.05, 3.63) is 70.6 Å². The maximum atomic E-state index is 13.4. The molecule has 2 heterocycles. The van der Waals surface area contributed by atoms with E-state index >= 15 is 0 Å². The zero-order chi connectivity index (χ0) is 23.4. The molecule has 1 N–H and O–H groups in total. The lowest BCUT2D eigenvalue weighted by Gasteiger charge is -2.17. The van der Waals surface area contributed by atoms with Gasteiger partial charge in [-0.25, -0.2) is 0 Å².